The van der Waals surface area contributed by atoms with Crippen LogP contribution in [0.1, 0.15) is 22.6 Å². The number of carbonyl (C=O) groups is 1. The summed E-state index contributed by atoms with van der Waals surface area (Å²) < 4.78 is 10.9. The summed E-state index contributed by atoms with van der Waals surface area (Å²) in [6, 6.07) is 21.5. The first kappa shape index (κ1) is 21.3. The molecule has 0 aliphatic carbocycles. The topological polar surface area (TPSA) is 75.4 Å². The molecule has 1 atom stereocenters. The molecule has 1 heterocycles. The molecule has 0 unspecified atom stereocenters. The minimum atomic E-state index is -0.251. The van der Waals surface area contributed by atoms with E-state index in [0.29, 0.717) is 18.0 Å². The van der Waals surface area contributed by atoms with E-state index in [-0.39, 0.29) is 11.9 Å². The summed E-state index contributed by atoms with van der Waals surface area (Å²) in [6.07, 6.45) is 2.01. The molecular weight excluding hydrogens is 402 g/mol. The molecule has 0 aliphatic rings. The third kappa shape index (κ3) is 4.54. The van der Waals surface area contributed by atoms with Crippen molar-refractivity contribution in [2.24, 2.45) is 0 Å². The molecule has 32 heavy (non-hydrogen) atoms. The van der Waals surface area contributed by atoms with Crippen LogP contribution < -0.4 is 20.1 Å². The average molecular weight is 430 g/mol. The summed E-state index contributed by atoms with van der Waals surface area (Å²) in [6.45, 7) is 2.42. The van der Waals surface area contributed by atoms with Crippen molar-refractivity contribution in [3.8, 4) is 11.5 Å². The molecule has 0 aliphatic heterocycles. The summed E-state index contributed by atoms with van der Waals surface area (Å²) in [5.74, 6) is 1.23. The Morgan fingerprint density at radius 1 is 0.969 bits per heavy atom. The Bertz CT molecular complexity index is 1210. The number of amides is 2. The third-order valence-corrected chi connectivity index (χ3v) is 5.58. The van der Waals surface area contributed by atoms with Crippen LogP contribution >= 0.6 is 0 Å². The zero-order chi connectivity index (χ0) is 22.5. The molecule has 6 nitrogen and oxygen atoms in total. The Morgan fingerprint density at radius 2 is 1.72 bits per heavy atom. The molecule has 4 aromatic rings. The molecule has 3 N–H and O–H groups in total. The van der Waals surface area contributed by atoms with Gasteiger partial charge in [0.1, 0.15) is 0 Å². The average Bonchev–Trinajstić information content (AvgIpc) is 3.24. The molecular formula is C26H27N3O3. The van der Waals surface area contributed by atoms with Gasteiger partial charge in [0.2, 0.25) is 0 Å². The number of fused-ring (bicyclic) bond motifs is 1. The number of urea groups is 1. The lowest BCUT2D eigenvalue weighted by Crippen LogP contribution is -2.32. The highest BCUT2D eigenvalue weighted by molar-refractivity contribution is 5.89. The van der Waals surface area contributed by atoms with Crippen LogP contribution in [0.5, 0.6) is 11.5 Å². The van der Waals surface area contributed by atoms with Gasteiger partial charge in [0.25, 0.3) is 0 Å². The van der Waals surface area contributed by atoms with E-state index < -0.39 is 0 Å². The maximum absolute atomic E-state index is 12.6. The van der Waals surface area contributed by atoms with Crippen LogP contribution in [0.15, 0.2) is 72.9 Å². The minimum Gasteiger partial charge on any atom is -0.493 e. The minimum absolute atomic E-state index is 0.0882. The molecule has 0 saturated heterocycles. The standard InChI is InChI=1S/C26H27N3O3/c1-17-8-11-19(12-9-17)29-26(30)28-15-21(18-10-13-24(31-2)25(14-18)32-3)22-16-27-23-7-5-4-6-20(22)23/h4-14,16,21,27H,15H2,1-3H3,(H2,28,29,30)/t21-/m0/s1. The summed E-state index contributed by atoms with van der Waals surface area (Å²) in [5.41, 5.74) is 5.07. The number of hydrogen-bond donors (Lipinski definition) is 3. The number of methoxy groups -OCH3 is 2. The Morgan fingerprint density at radius 3 is 2.47 bits per heavy atom. The van der Waals surface area contributed by atoms with Gasteiger partial charge in [0, 0.05) is 35.2 Å². The second-order valence-corrected chi connectivity index (χ2v) is 7.66. The van der Waals surface area contributed by atoms with Gasteiger partial charge in [-0.2, -0.15) is 0 Å². The van der Waals surface area contributed by atoms with Crippen molar-refractivity contribution in [1.29, 1.82) is 0 Å². The number of rotatable bonds is 7. The molecule has 4 rings (SSSR count). The maximum atomic E-state index is 12.6. The fourth-order valence-corrected chi connectivity index (χ4v) is 3.87. The van der Waals surface area contributed by atoms with E-state index in [4.69, 9.17) is 9.47 Å². The van der Waals surface area contributed by atoms with Gasteiger partial charge in [-0.1, -0.05) is 42.0 Å². The Labute approximate surface area is 187 Å². The number of aryl methyl sites for hydroxylation is 1. The van der Waals surface area contributed by atoms with E-state index in [0.717, 1.165) is 33.3 Å². The summed E-state index contributed by atoms with van der Waals surface area (Å²) in [4.78, 5) is 16.0. The SMILES string of the molecule is COc1ccc([C@H](CNC(=O)Nc2ccc(C)cc2)c2c[nH]c3ccccc23)cc1OC. The third-order valence-electron chi connectivity index (χ3n) is 5.58. The van der Waals surface area contributed by atoms with Crippen LogP contribution in [0.25, 0.3) is 10.9 Å². The number of aromatic amines is 1. The van der Waals surface area contributed by atoms with Gasteiger partial charge in [-0.3, -0.25) is 0 Å². The highest BCUT2D eigenvalue weighted by atomic mass is 16.5. The van der Waals surface area contributed by atoms with Gasteiger partial charge in [0.15, 0.2) is 11.5 Å². The quantitative estimate of drug-likeness (QED) is 0.366. The molecule has 0 bridgehead atoms. The largest absolute Gasteiger partial charge is 0.493 e. The lowest BCUT2D eigenvalue weighted by Gasteiger charge is -2.20. The number of carbonyl (C=O) groups excluding carboxylic acids is 1. The number of benzene rings is 3. The summed E-state index contributed by atoms with van der Waals surface area (Å²) >= 11 is 0. The van der Waals surface area contributed by atoms with Crippen LogP contribution in [-0.2, 0) is 0 Å². The monoisotopic (exact) mass is 429 g/mol. The van der Waals surface area contributed by atoms with E-state index in [1.807, 2.05) is 73.8 Å². The van der Waals surface area contributed by atoms with E-state index in [1.165, 1.54) is 0 Å². The van der Waals surface area contributed by atoms with Crippen LogP contribution in [0, 0.1) is 6.92 Å². The number of hydrogen-bond acceptors (Lipinski definition) is 3. The van der Waals surface area contributed by atoms with Crippen LogP contribution in [-0.4, -0.2) is 31.8 Å². The number of anilines is 1. The fraction of sp³-hybridized carbons (Fsp3) is 0.192. The predicted molar refractivity (Wildman–Crippen MR) is 128 cm³/mol. The molecule has 0 saturated carbocycles. The summed E-state index contributed by atoms with van der Waals surface area (Å²) in [7, 11) is 3.24. The number of ether oxygens (including phenoxy) is 2. The van der Waals surface area contributed by atoms with Crippen molar-refractivity contribution in [3.05, 3.63) is 89.6 Å². The molecule has 0 fully saturated rings. The second-order valence-electron chi connectivity index (χ2n) is 7.66. The number of aromatic nitrogens is 1. The van der Waals surface area contributed by atoms with E-state index >= 15 is 0 Å². The predicted octanol–water partition coefficient (Wildman–Crippen LogP) is 5.45. The zero-order valence-corrected chi connectivity index (χ0v) is 18.4. The van der Waals surface area contributed by atoms with Crippen LogP contribution in [0.4, 0.5) is 10.5 Å². The van der Waals surface area contributed by atoms with Crippen molar-refractivity contribution in [2.75, 3.05) is 26.1 Å². The molecule has 6 heteroatoms. The van der Waals surface area contributed by atoms with E-state index in [1.54, 1.807) is 14.2 Å². The Balaban J connectivity index is 1.62. The maximum Gasteiger partial charge on any atom is 0.319 e. The van der Waals surface area contributed by atoms with Gasteiger partial charge >= 0.3 is 6.03 Å². The molecule has 164 valence electrons. The first-order chi connectivity index (χ1) is 15.6. The number of H-pyrrole nitrogens is 1. The molecule has 3 aromatic carbocycles. The number of nitrogens with one attached hydrogen (secondary N) is 3. The molecule has 1 aromatic heterocycles. The second kappa shape index (κ2) is 9.47. The molecule has 2 amide bonds. The number of para-hydroxylation sites is 1. The van der Waals surface area contributed by atoms with Crippen molar-refractivity contribution in [1.82, 2.24) is 10.3 Å². The van der Waals surface area contributed by atoms with Crippen LogP contribution in [0.3, 0.4) is 0 Å². The lowest BCUT2D eigenvalue weighted by molar-refractivity contribution is 0.252. The highest BCUT2D eigenvalue weighted by Crippen LogP contribution is 2.35. The summed E-state index contributed by atoms with van der Waals surface area (Å²) in [5, 5.41) is 7.04. The zero-order valence-electron chi connectivity index (χ0n) is 18.4. The van der Waals surface area contributed by atoms with Gasteiger partial charge in [-0.15, -0.1) is 0 Å². The van der Waals surface area contributed by atoms with Gasteiger partial charge in [0.05, 0.1) is 14.2 Å². The Kier molecular flexibility index (Phi) is 6.31. The van der Waals surface area contributed by atoms with Crippen molar-refractivity contribution in [3.63, 3.8) is 0 Å². The van der Waals surface area contributed by atoms with Gasteiger partial charge in [-0.05, 0) is 48.4 Å². The first-order valence-electron chi connectivity index (χ1n) is 10.5. The van der Waals surface area contributed by atoms with E-state index in [2.05, 4.69) is 21.7 Å². The molecule has 0 radical (unpaired) electrons. The van der Waals surface area contributed by atoms with Crippen LogP contribution in [0.2, 0.25) is 0 Å². The van der Waals surface area contributed by atoms with Crippen molar-refractivity contribution < 1.29 is 14.3 Å². The van der Waals surface area contributed by atoms with Crippen molar-refractivity contribution >= 4 is 22.6 Å². The fourth-order valence-electron chi connectivity index (χ4n) is 3.87. The van der Waals surface area contributed by atoms with E-state index in [9.17, 15) is 4.79 Å². The Hall–Kier alpha value is -3.93. The van der Waals surface area contributed by atoms with Crippen molar-refractivity contribution in [2.45, 2.75) is 12.8 Å². The first-order valence-corrected chi connectivity index (χ1v) is 10.5. The van der Waals surface area contributed by atoms with Gasteiger partial charge < -0.3 is 25.1 Å². The molecule has 0 spiro atoms. The normalized spacial score (nSPS) is 11.7. The van der Waals surface area contributed by atoms with Gasteiger partial charge in [-0.25, -0.2) is 4.79 Å². The highest BCUT2D eigenvalue weighted by Gasteiger charge is 2.21. The smallest absolute Gasteiger partial charge is 0.319 e. The lowest BCUT2D eigenvalue weighted by atomic mass is 9.90.